The molecule has 0 aromatic carbocycles. The van der Waals surface area contributed by atoms with Crippen molar-refractivity contribution in [2.24, 2.45) is 40.9 Å². The van der Waals surface area contributed by atoms with Gasteiger partial charge in [0, 0.05) is 17.8 Å². The normalized spacial score (nSPS) is 46.1. The van der Waals surface area contributed by atoms with Crippen LogP contribution in [0.15, 0.2) is 12.4 Å². The molecule has 172 valence electrons. The van der Waals surface area contributed by atoms with Gasteiger partial charge in [0.1, 0.15) is 0 Å². The Labute approximate surface area is 181 Å². The minimum Gasteiger partial charge on any atom is -0.390 e. The Balaban J connectivity index is 1.40. The molecule has 4 saturated carbocycles. The van der Waals surface area contributed by atoms with Gasteiger partial charge in [0.05, 0.1) is 24.5 Å². The second kappa shape index (κ2) is 7.06. The summed E-state index contributed by atoms with van der Waals surface area (Å²) < 4.78 is 46.3. The molecule has 0 bridgehead atoms. The van der Waals surface area contributed by atoms with Crippen molar-refractivity contribution in [3.05, 3.63) is 18.2 Å². The zero-order chi connectivity index (χ0) is 22.2. The van der Waals surface area contributed by atoms with Crippen LogP contribution in [-0.4, -0.2) is 32.2 Å². The number of fused-ring (bicyclic) bond motifs is 5. The van der Waals surface area contributed by atoms with Crippen molar-refractivity contribution < 1.29 is 23.1 Å². The highest BCUT2D eigenvalue weighted by molar-refractivity contribution is 5.82. The van der Waals surface area contributed by atoms with Crippen molar-refractivity contribution in [1.82, 2.24) is 9.78 Å². The van der Waals surface area contributed by atoms with Crippen molar-refractivity contribution in [1.29, 1.82) is 0 Å². The summed E-state index contributed by atoms with van der Waals surface area (Å²) in [5, 5.41) is 14.3. The first-order valence-corrected chi connectivity index (χ1v) is 11.8. The van der Waals surface area contributed by atoms with E-state index in [1.165, 1.54) is 4.68 Å². The summed E-state index contributed by atoms with van der Waals surface area (Å²) in [7, 11) is 0. The van der Waals surface area contributed by atoms with Gasteiger partial charge in [-0.2, -0.15) is 5.10 Å². The second-order valence-corrected chi connectivity index (χ2v) is 11.3. The lowest BCUT2D eigenvalue weighted by Crippen LogP contribution is -2.59. The molecular formula is C24H33F3N2O2. The highest BCUT2D eigenvalue weighted by Gasteiger charge is 2.70. The van der Waals surface area contributed by atoms with E-state index in [-0.39, 0.29) is 42.4 Å². The molecule has 4 aliphatic rings. The number of alkyl halides is 2. The molecule has 8 atom stereocenters. The van der Waals surface area contributed by atoms with Crippen LogP contribution in [0, 0.1) is 46.7 Å². The monoisotopic (exact) mass is 438 g/mol. The Morgan fingerprint density at radius 2 is 1.90 bits per heavy atom. The molecule has 1 aromatic heterocycles. The van der Waals surface area contributed by atoms with Crippen LogP contribution in [0.3, 0.4) is 0 Å². The fraction of sp³-hybridized carbons (Fsp3) is 0.833. The van der Waals surface area contributed by atoms with Crippen LogP contribution in [-0.2, 0) is 11.3 Å². The van der Waals surface area contributed by atoms with Crippen molar-refractivity contribution >= 4 is 5.78 Å². The maximum atomic E-state index is 15.9. The largest absolute Gasteiger partial charge is 0.390 e. The summed E-state index contributed by atoms with van der Waals surface area (Å²) in [6.07, 6.45) is 7.31. The summed E-state index contributed by atoms with van der Waals surface area (Å²) in [4.78, 5) is 13.1. The van der Waals surface area contributed by atoms with Crippen LogP contribution in [0.25, 0.3) is 0 Å². The molecule has 1 unspecified atom stereocenters. The Bertz CT molecular complexity index is 869. The Morgan fingerprint density at radius 3 is 2.61 bits per heavy atom. The van der Waals surface area contributed by atoms with E-state index >= 15 is 8.78 Å². The molecule has 4 nitrogen and oxygen atoms in total. The average Bonchev–Trinajstić information content (AvgIpc) is 3.24. The van der Waals surface area contributed by atoms with Gasteiger partial charge >= 0.3 is 0 Å². The van der Waals surface area contributed by atoms with Gasteiger partial charge < -0.3 is 5.11 Å². The number of ketones is 1. The SMILES string of the molecule is C[C@@]1(O)CC[C@H]2[C@H](CC[C@H]3C4CC[C@H](C(=O)Cn5cc(F)cn5)[C@@]4(C)C(F)(F)C[C@H]23)C1. The van der Waals surface area contributed by atoms with Crippen LogP contribution < -0.4 is 0 Å². The Hall–Kier alpha value is -1.37. The number of halogens is 3. The van der Waals surface area contributed by atoms with Crippen molar-refractivity contribution in [2.45, 2.75) is 83.3 Å². The maximum Gasteiger partial charge on any atom is 0.254 e. The van der Waals surface area contributed by atoms with Crippen LogP contribution in [0.4, 0.5) is 13.2 Å². The number of Topliss-reactive ketones (excluding diaryl/α,β-unsaturated/α-hetero) is 1. The zero-order valence-corrected chi connectivity index (χ0v) is 18.4. The number of aliphatic hydroxyl groups is 1. The number of rotatable bonds is 3. The molecule has 0 radical (unpaired) electrons. The van der Waals surface area contributed by atoms with Crippen molar-refractivity contribution in [3.63, 3.8) is 0 Å². The molecule has 0 amide bonds. The van der Waals surface area contributed by atoms with E-state index < -0.39 is 28.7 Å². The van der Waals surface area contributed by atoms with E-state index in [4.69, 9.17) is 0 Å². The standard InChI is InChI=1S/C24H33F3N2O2/c1-22(31)8-7-16-14(9-22)3-4-17-18(16)10-24(26,27)23(2)19(17)5-6-20(23)21(30)13-29-12-15(25)11-28-29/h11-12,14,16-20,31H,3-10,13H2,1-2H3/t14-,16+,17-,18-,19?,20-,22-,23+/m1/s1. The van der Waals surface area contributed by atoms with E-state index in [0.717, 1.165) is 38.1 Å². The predicted octanol–water partition coefficient (Wildman–Crippen LogP) is 4.86. The summed E-state index contributed by atoms with van der Waals surface area (Å²) in [6, 6.07) is 0. The minimum absolute atomic E-state index is 0.0167. The molecule has 31 heavy (non-hydrogen) atoms. The lowest BCUT2D eigenvalue weighted by Gasteiger charge is -2.59. The number of nitrogens with zero attached hydrogens (tertiary/aromatic N) is 2. The smallest absolute Gasteiger partial charge is 0.254 e. The zero-order valence-electron chi connectivity index (χ0n) is 18.4. The molecule has 0 spiro atoms. The van der Waals surface area contributed by atoms with Crippen LogP contribution in [0.1, 0.15) is 65.2 Å². The summed E-state index contributed by atoms with van der Waals surface area (Å²) >= 11 is 0. The van der Waals surface area contributed by atoms with Gasteiger partial charge in [-0.3, -0.25) is 9.48 Å². The topological polar surface area (TPSA) is 55.1 Å². The predicted molar refractivity (Wildman–Crippen MR) is 109 cm³/mol. The molecule has 1 heterocycles. The quantitative estimate of drug-likeness (QED) is 0.734. The van der Waals surface area contributed by atoms with Gasteiger partial charge in [-0.1, -0.05) is 6.92 Å². The molecule has 4 aliphatic carbocycles. The van der Waals surface area contributed by atoms with Gasteiger partial charge in [0.15, 0.2) is 11.6 Å². The van der Waals surface area contributed by atoms with Gasteiger partial charge in [-0.15, -0.1) is 0 Å². The van der Waals surface area contributed by atoms with Crippen molar-refractivity contribution in [2.75, 3.05) is 0 Å². The highest BCUT2D eigenvalue weighted by Crippen LogP contribution is 2.69. The van der Waals surface area contributed by atoms with Crippen LogP contribution >= 0.6 is 0 Å². The number of hydrogen-bond donors (Lipinski definition) is 1. The first-order valence-electron chi connectivity index (χ1n) is 11.8. The number of carbonyl (C=O) groups excluding carboxylic acids is 1. The summed E-state index contributed by atoms with van der Waals surface area (Å²) in [6.45, 7) is 3.37. The summed E-state index contributed by atoms with van der Waals surface area (Å²) in [5.41, 5.74) is -2.01. The fourth-order valence-corrected chi connectivity index (χ4v) is 8.25. The third-order valence-electron chi connectivity index (χ3n) is 9.66. The molecule has 0 saturated heterocycles. The highest BCUT2D eigenvalue weighted by atomic mass is 19.3. The Morgan fingerprint density at radius 1 is 1.13 bits per heavy atom. The lowest BCUT2D eigenvalue weighted by molar-refractivity contribution is -0.228. The lowest BCUT2D eigenvalue weighted by atomic mass is 9.47. The van der Waals surface area contributed by atoms with E-state index in [0.29, 0.717) is 25.2 Å². The molecule has 1 aromatic rings. The second-order valence-electron chi connectivity index (χ2n) is 11.3. The third-order valence-corrected chi connectivity index (χ3v) is 9.66. The summed E-state index contributed by atoms with van der Waals surface area (Å²) in [5.74, 6) is -3.77. The maximum absolute atomic E-state index is 15.9. The van der Waals surface area contributed by atoms with Gasteiger partial charge in [-0.25, -0.2) is 13.2 Å². The van der Waals surface area contributed by atoms with E-state index in [9.17, 15) is 14.3 Å². The minimum atomic E-state index is -2.91. The average molecular weight is 439 g/mol. The number of carbonyl (C=O) groups is 1. The molecule has 4 fully saturated rings. The van der Waals surface area contributed by atoms with Crippen LogP contribution in [0.5, 0.6) is 0 Å². The molecule has 1 N–H and O–H groups in total. The Kier molecular flexibility index (Phi) is 4.89. The van der Waals surface area contributed by atoms with Gasteiger partial charge in [-0.05, 0) is 81.5 Å². The molecule has 5 rings (SSSR count). The number of aromatic nitrogens is 2. The molecule has 0 aliphatic heterocycles. The van der Waals surface area contributed by atoms with E-state index in [2.05, 4.69) is 5.10 Å². The first kappa shape index (κ1) is 21.5. The molecular weight excluding hydrogens is 405 g/mol. The van der Waals surface area contributed by atoms with Crippen LogP contribution in [0.2, 0.25) is 0 Å². The van der Waals surface area contributed by atoms with Gasteiger partial charge in [0.25, 0.3) is 5.92 Å². The van der Waals surface area contributed by atoms with E-state index in [1.807, 2.05) is 6.92 Å². The van der Waals surface area contributed by atoms with E-state index in [1.54, 1.807) is 6.92 Å². The van der Waals surface area contributed by atoms with Crippen molar-refractivity contribution in [3.8, 4) is 0 Å². The first-order chi connectivity index (χ1) is 14.5. The molecule has 7 heteroatoms. The third kappa shape index (κ3) is 3.28. The van der Waals surface area contributed by atoms with Gasteiger partial charge in [0.2, 0.25) is 0 Å². The number of hydrogen-bond acceptors (Lipinski definition) is 3. The fourth-order valence-electron chi connectivity index (χ4n) is 8.25.